The molecule has 1 heterocycles. The van der Waals surface area contributed by atoms with Crippen molar-refractivity contribution in [3.8, 4) is 0 Å². The Bertz CT molecular complexity index is 831. The van der Waals surface area contributed by atoms with Crippen molar-refractivity contribution < 1.29 is 23.1 Å². The van der Waals surface area contributed by atoms with E-state index in [1.54, 1.807) is 4.31 Å². The van der Waals surface area contributed by atoms with E-state index in [4.69, 9.17) is 5.11 Å². The molecule has 0 unspecified atom stereocenters. The highest BCUT2D eigenvalue weighted by atomic mass is 32.2. The van der Waals surface area contributed by atoms with Gasteiger partial charge in [0.2, 0.25) is 10.0 Å². The van der Waals surface area contributed by atoms with Gasteiger partial charge >= 0.3 is 11.8 Å². The van der Waals surface area contributed by atoms with E-state index in [-0.39, 0.29) is 25.7 Å². The number of benzene rings is 1. The van der Waals surface area contributed by atoms with Crippen LogP contribution in [0.15, 0.2) is 17.0 Å². The Hall–Kier alpha value is -1.97. The van der Waals surface area contributed by atoms with E-state index in [0.29, 0.717) is 17.9 Å². The maximum Gasteiger partial charge on any atom is 0.309 e. The zero-order valence-corrected chi connectivity index (χ0v) is 18.1. The fraction of sp³-hybridized carbons (Fsp3) is 0.600. The molecule has 0 saturated carbocycles. The third-order valence-electron chi connectivity index (χ3n) is 5.11. The van der Waals surface area contributed by atoms with Gasteiger partial charge in [-0.15, -0.1) is 0 Å². The van der Waals surface area contributed by atoms with Crippen molar-refractivity contribution in [3.63, 3.8) is 0 Å². The number of rotatable bonds is 7. The van der Waals surface area contributed by atoms with Gasteiger partial charge < -0.3 is 15.7 Å². The molecule has 8 nitrogen and oxygen atoms in total. The minimum absolute atomic E-state index is 0.0101. The van der Waals surface area contributed by atoms with Gasteiger partial charge in [0.15, 0.2) is 0 Å². The standard InChI is InChI=1S/C20H31N3O5S/c1-14-12-15(2)18(16(3)13-14)29(27,28)23-10-5-4-6-17(23)7-8-21-19(25)20(26)22-9-11-24/h12-13,17,24H,4-11H2,1-3H3,(H,21,25)(H,22,26)/t17-/m1/s1. The lowest BCUT2D eigenvalue weighted by atomic mass is 10.0. The molecule has 0 aliphatic carbocycles. The molecule has 0 aromatic heterocycles. The first kappa shape index (κ1) is 23.3. The fourth-order valence-corrected chi connectivity index (χ4v) is 6.09. The summed E-state index contributed by atoms with van der Waals surface area (Å²) in [7, 11) is -3.65. The van der Waals surface area contributed by atoms with Crippen LogP contribution in [0.4, 0.5) is 0 Å². The van der Waals surface area contributed by atoms with Gasteiger partial charge in [-0.1, -0.05) is 24.1 Å². The molecule has 2 amide bonds. The van der Waals surface area contributed by atoms with Crippen LogP contribution in [0, 0.1) is 20.8 Å². The molecule has 3 N–H and O–H groups in total. The molecule has 1 atom stereocenters. The summed E-state index contributed by atoms with van der Waals surface area (Å²) in [5.41, 5.74) is 2.50. The first-order valence-corrected chi connectivity index (χ1v) is 11.4. The summed E-state index contributed by atoms with van der Waals surface area (Å²) in [6, 6.07) is 3.53. The van der Waals surface area contributed by atoms with Crippen LogP contribution in [0.1, 0.15) is 42.4 Å². The minimum Gasteiger partial charge on any atom is -0.395 e. The Kier molecular flexibility index (Phi) is 8.18. The average molecular weight is 426 g/mol. The SMILES string of the molecule is Cc1cc(C)c(S(=O)(=O)N2CCCC[C@@H]2CCNC(=O)C(=O)NCCO)c(C)c1. The number of carbonyl (C=O) groups excluding carboxylic acids is 2. The maximum atomic E-state index is 13.4. The smallest absolute Gasteiger partial charge is 0.309 e. The highest BCUT2D eigenvalue weighted by Gasteiger charge is 2.35. The van der Waals surface area contributed by atoms with Crippen LogP contribution >= 0.6 is 0 Å². The first-order valence-electron chi connectivity index (χ1n) is 9.95. The summed E-state index contributed by atoms with van der Waals surface area (Å²) in [4.78, 5) is 23.7. The quantitative estimate of drug-likeness (QED) is 0.558. The number of hydrogen-bond acceptors (Lipinski definition) is 5. The van der Waals surface area contributed by atoms with Gasteiger partial charge in [-0.05, 0) is 51.2 Å². The summed E-state index contributed by atoms with van der Waals surface area (Å²) in [5, 5.41) is 13.5. The van der Waals surface area contributed by atoms with Crippen LogP contribution in [0.2, 0.25) is 0 Å². The number of nitrogens with one attached hydrogen (secondary N) is 2. The summed E-state index contributed by atoms with van der Waals surface area (Å²) >= 11 is 0. The third kappa shape index (κ3) is 5.77. The van der Waals surface area contributed by atoms with Crippen molar-refractivity contribution in [2.75, 3.05) is 26.2 Å². The van der Waals surface area contributed by atoms with Gasteiger partial charge in [0, 0.05) is 25.7 Å². The number of aryl methyl sites for hydroxylation is 3. The molecule has 1 saturated heterocycles. The highest BCUT2D eigenvalue weighted by molar-refractivity contribution is 7.89. The summed E-state index contributed by atoms with van der Waals surface area (Å²) in [6.45, 7) is 5.99. The molecule has 1 aromatic carbocycles. The normalized spacial score (nSPS) is 17.7. The maximum absolute atomic E-state index is 13.4. The van der Waals surface area contributed by atoms with Crippen LogP contribution in [-0.2, 0) is 19.6 Å². The Labute approximate surface area is 172 Å². The molecular weight excluding hydrogens is 394 g/mol. The minimum atomic E-state index is -3.65. The molecule has 29 heavy (non-hydrogen) atoms. The van der Waals surface area contributed by atoms with Crippen molar-refractivity contribution in [2.24, 2.45) is 0 Å². The van der Waals surface area contributed by atoms with Gasteiger partial charge in [-0.3, -0.25) is 9.59 Å². The van der Waals surface area contributed by atoms with Gasteiger partial charge in [-0.25, -0.2) is 8.42 Å². The molecule has 1 aliphatic rings. The van der Waals surface area contributed by atoms with Crippen LogP contribution in [-0.4, -0.2) is 61.9 Å². The molecule has 0 spiro atoms. The molecule has 9 heteroatoms. The summed E-state index contributed by atoms with van der Waals surface area (Å²) in [6.07, 6.45) is 2.88. The van der Waals surface area contributed by atoms with E-state index in [1.807, 2.05) is 32.9 Å². The van der Waals surface area contributed by atoms with Gasteiger partial charge in [0.05, 0.1) is 11.5 Å². The Morgan fingerprint density at radius 3 is 2.24 bits per heavy atom. The zero-order valence-electron chi connectivity index (χ0n) is 17.3. The number of sulfonamides is 1. The number of piperidine rings is 1. The largest absolute Gasteiger partial charge is 0.395 e. The second kappa shape index (κ2) is 10.2. The number of aliphatic hydroxyl groups excluding tert-OH is 1. The van der Waals surface area contributed by atoms with Gasteiger partial charge in [0.25, 0.3) is 0 Å². The number of carbonyl (C=O) groups is 2. The van der Waals surface area contributed by atoms with E-state index < -0.39 is 21.8 Å². The fourth-order valence-electron chi connectivity index (χ4n) is 3.95. The lowest BCUT2D eigenvalue weighted by molar-refractivity contribution is -0.139. The van der Waals surface area contributed by atoms with Gasteiger partial charge in [-0.2, -0.15) is 4.31 Å². The number of nitrogens with zero attached hydrogens (tertiary/aromatic N) is 1. The molecule has 0 radical (unpaired) electrons. The number of amides is 2. The molecular formula is C20H31N3O5S. The summed E-state index contributed by atoms with van der Waals surface area (Å²) in [5.74, 6) is -1.59. The average Bonchev–Trinajstić information content (AvgIpc) is 2.65. The van der Waals surface area contributed by atoms with Crippen molar-refractivity contribution in [2.45, 2.75) is 57.4 Å². The van der Waals surface area contributed by atoms with E-state index in [2.05, 4.69) is 10.6 Å². The Morgan fingerprint density at radius 2 is 1.66 bits per heavy atom. The van der Waals surface area contributed by atoms with E-state index in [9.17, 15) is 18.0 Å². The van der Waals surface area contributed by atoms with E-state index in [1.165, 1.54) is 0 Å². The molecule has 2 rings (SSSR count). The van der Waals surface area contributed by atoms with Crippen LogP contribution in [0.3, 0.4) is 0 Å². The van der Waals surface area contributed by atoms with Crippen molar-refractivity contribution in [3.05, 3.63) is 28.8 Å². The molecule has 162 valence electrons. The molecule has 1 aliphatic heterocycles. The van der Waals surface area contributed by atoms with Crippen molar-refractivity contribution in [1.29, 1.82) is 0 Å². The van der Waals surface area contributed by atoms with Crippen molar-refractivity contribution in [1.82, 2.24) is 14.9 Å². The van der Waals surface area contributed by atoms with Crippen molar-refractivity contribution >= 4 is 21.8 Å². The molecule has 1 aromatic rings. The topological polar surface area (TPSA) is 116 Å². The van der Waals surface area contributed by atoms with Crippen LogP contribution in [0.5, 0.6) is 0 Å². The zero-order chi connectivity index (χ0) is 21.6. The van der Waals surface area contributed by atoms with Crippen LogP contribution < -0.4 is 10.6 Å². The van der Waals surface area contributed by atoms with Gasteiger partial charge in [0.1, 0.15) is 0 Å². The predicted molar refractivity (Wildman–Crippen MR) is 110 cm³/mol. The van der Waals surface area contributed by atoms with Crippen LogP contribution in [0.25, 0.3) is 0 Å². The molecule has 1 fully saturated rings. The lowest BCUT2D eigenvalue weighted by Crippen LogP contribution is -2.46. The second-order valence-corrected chi connectivity index (χ2v) is 9.34. The summed E-state index contributed by atoms with van der Waals surface area (Å²) < 4.78 is 28.4. The lowest BCUT2D eigenvalue weighted by Gasteiger charge is -2.35. The number of aliphatic hydroxyl groups is 1. The molecule has 0 bridgehead atoms. The van der Waals surface area contributed by atoms with E-state index >= 15 is 0 Å². The third-order valence-corrected chi connectivity index (χ3v) is 7.37. The van der Waals surface area contributed by atoms with E-state index in [0.717, 1.165) is 36.0 Å². The highest BCUT2D eigenvalue weighted by Crippen LogP contribution is 2.31. The predicted octanol–water partition coefficient (Wildman–Crippen LogP) is 0.770. The first-order chi connectivity index (χ1) is 13.7. The Morgan fingerprint density at radius 1 is 1.07 bits per heavy atom. The Balaban J connectivity index is 2.09. The monoisotopic (exact) mass is 425 g/mol. The number of hydrogen-bond donors (Lipinski definition) is 3. The second-order valence-electron chi connectivity index (χ2n) is 7.52.